The first-order valence-electron chi connectivity index (χ1n) is 5.51. The van der Waals surface area contributed by atoms with Crippen molar-refractivity contribution in [1.29, 1.82) is 0 Å². The van der Waals surface area contributed by atoms with Crippen molar-refractivity contribution in [3.63, 3.8) is 0 Å². The molecule has 1 fully saturated rings. The molecule has 0 radical (unpaired) electrons. The maximum Gasteiger partial charge on any atom is 0.338 e. The molecule has 1 aliphatic rings. The van der Waals surface area contributed by atoms with E-state index in [-0.39, 0.29) is 11.0 Å². The molecule has 1 heterocycles. The number of halogens is 1. The van der Waals surface area contributed by atoms with Crippen LogP contribution >= 0.6 is 0 Å². The molecule has 1 aromatic rings. The van der Waals surface area contributed by atoms with Gasteiger partial charge in [0.05, 0.1) is 18.8 Å². The number of hydrogen-bond donors (Lipinski definition) is 0. The standard InChI is InChI=1S/C13H15FO3/c1-9-3-4-10(5-11(9)14)12(15)17-8-13(2)6-16-7-13/h3-5H,6-8H2,1-2H3. The third-order valence-corrected chi connectivity index (χ3v) is 2.86. The number of benzene rings is 1. The number of ether oxygens (including phenoxy) is 2. The summed E-state index contributed by atoms with van der Waals surface area (Å²) in [6.07, 6.45) is 0. The highest BCUT2D eigenvalue weighted by Crippen LogP contribution is 2.26. The lowest BCUT2D eigenvalue weighted by molar-refractivity contribution is -0.127. The number of aryl methyl sites for hydroxylation is 1. The van der Waals surface area contributed by atoms with Gasteiger partial charge in [-0.05, 0) is 24.6 Å². The molecule has 1 saturated heterocycles. The van der Waals surface area contributed by atoms with E-state index in [0.29, 0.717) is 25.4 Å². The Morgan fingerprint density at radius 3 is 2.76 bits per heavy atom. The minimum Gasteiger partial charge on any atom is -0.461 e. The number of hydrogen-bond acceptors (Lipinski definition) is 3. The second-order valence-electron chi connectivity index (χ2n) is 4.84. The third-order valence-electron chi connectivity index (χ3n) is 2.86. The lowest BCUT2D eigenvalue weighted by Gasteiger charge is -2.37. The first-order valence-corrected chi connectivity index (χ1v) is 5.51. The van der Waals surface area contributed by atoms with Crippen molar-refractivity contribution in [1.82, 2.24) is 0 Å². The molecule has 0 amide bonds. The molecule has 0 aliphatic carbocycles. The Morgan fingerprint density at radius 2 is 2.24 bits per heavy atom. The summed E-state index contributed by atoms with van der Waals surface area (Å²) in [6.45, 7) is 5.14. The van der Waals surface area contributed by atoms with E-state index in [1.165, 1.54) is 6.07 Å². The van der Waals surface area contributed by atoms with Gasteiger partial charge in [-0.1, -0.05) is 13.0 Å². The van der Waals surface area contributed by atoms with Crippen molar-refractivity contribution in [3.8, 4) is 0 Å². The van der Waals surface area contributed by atoms with Gasteiger partial charge in [-0.3, -0.25) is 0 Å². The lowest BCUT2D eigenvalue weighted by Crippen LogP contribution is -2.44. The monoisotopic (exact) mass is 238 g/mol. The SMILES string of the molecule is Cc1ccc(C(=O)OCC2(C)COC2)cc1F. The highest BCUT2D eigenvalue weighted by molar-refractivity contribution is 5.89. The normalized spacial score (nSPS) is 17.4. The van der Waals surface area contributed by atoms with Gasteiger partial charge in [0.25, 0.3) is 0 Å². The largest absolute Gasteiger partial charge is 0.461 e. The van der Waals surface area contributed by atoms with E-state index in [0.717, 1.165) is 0 Å². The minimum absolute atomic E-state index is 0.0844. The maximum absolute atomic E-state index is 13.3. The van der Waals surface area contributed by atoms with Gasteiger partial charge < -0.3 is 9.47 Å². The molecule has 0 N–H and O–H groups in total. The zero-order valence-electron chi connectivity index (χ0n) is 9.96. The maximum atomic E-state index is 13.3. The zero-order valence-corrected chi connectivity index (χ0v) is 9.96. The second kappa shape index (κ2) is 4.45. The second-order valence-corrected chi connectivity index (χ2v) is 4.84. The van der Waals surface area contributed by atoms with E-state index in [9.17, 15) is 9.18 Å². The molecule has 2 rings (SSSR count). The van der Waals surface area contributed by atoms with Gasteiger partial charge in [-0.25, -0.2) is 9.18 Å². The molecule has 3 nitrogen and oxygen atoms in total. The van der Waals surface area contributed by atoms with Crippen molar-refractivity contribution in [3.05, 3.63) is 35.1 Å². The molecular weight excluding hydrogens is 223 g/mol. The van der Waals surface area contributed by atoms with Crippen LogP contribution in [0.15, 0.2) is 18.2 Å². The van der Waals surface area contributed by atoms with Crippen LogP contribution < -0.4 is 0 Å². The number of rotatable bonds is 3. The highest BCUT2D eigenvalue weighted by Gasteiger charge is 2.34. The predicted molar refractivity (Wildman–Crippen MR) is 60.3 cm³/mol. The molecule has 1 aliphatic heterocycles. The summed E-state index contributed by atoms with van der Waals surface area (Å²) in [5, 5.41) is 0. The summed E-state index contributed by atoms with van der Waals surface area (Å²) in [4.78, 5) is 11.7. The lowest BCUT2D eigenvalue weighted by atomic mass is 9.90. The summed E-state index contributed by atoms with van der Waals surface area (Å²) in [5.74, 6) is -0.880. The molecule has 0 atom stereocenters. The summed E-state index contributed by atoms with van der Waals surface area (Å²) in [7, 11) is 0. The molecule has 0 spiro atoms. The number of carbonyl (C=O) groups excluding carboxylic acids is 1. The molecule has 0 aromatic heterocycles. The van der Waals surface area contributed by atoms with Crippen molar-refractivity contribution in [2.24, 2.45) is 5.41 Å². The Hall–Kier alpha value is -1.42. The van der Waals surface area contributed by atoms with E-state index in [4.69, 9.17) is 9.47 Å². The van der Waals surface area contributed by atoms with E-state index < -0.39 is 11.8 Å². The fraction of sp³-hybridized carbons (Fsp3) is 0.462. The fourth-order valence-corrected chi connectivity index (χ4v) is 1.58. The van der Waals surface area contributed by atoms with Gasteiger partial charge in [0, 0.05) is 5.41 Å². The van der Waals surface area contributed by atoms with Crippen LogP contribution in [-0.2, 0) is 9.47 Å². The van der Waals surface area contributed by atoms with Crippen LogP contribution in [0.5, 0.6) is 0 Å². The van der Waals surface area contributed by atoms with Gasteiger partial charge >= 0.3 is 5.97 Å². The predicted octanol–water partition coefficient (Wildman–Crippen LogP) is 2.33. The topological polar surface area (TPSA) is 35.5 Å². The Morgan fingerprint density at radius 1 is 1.53 bits per heavy atom. The van der Waals surface area contributed by atoms with Crippen molar-refractivity contribution in [2.45, 2.75) is 13.8 Å². The van der Waals surface area contributed by atoms with Crippen LogP contribution in [0, 0.1) is 18.2 Å². The van der Waals surface area contributed by atoms with Crippen LogP contribution in [0.25, 0.3) is 0 Å². The van der Waals surface area contributed by atoms with E-state index in [2.05, 4.69) is 0 Å². The van der Waals surface area contributed by atoms with E-state index in [1.807, 2.05) is 6.92 Å². The van der Waals surface area contributed by atoms with Crippen molar-refractivity contribution < 1.29 is 18.7 Å². The highest BCUT2D eigenvalue weighted by atomic mass is 19.1. The third kappa shape index (κ3) is 2.64. The van der Waals surface area contributed by atoms with Gasteiger partial charge in [-0.15, -0.1) is 0 Å². The summed E-state index contributed by atoms with van der Waals surface area (Å²) >= 11 is 0. The van der Waals surface area contributed by atoms with Crippen LogP contribution in [0.2, 0.25) is 0 Å². The Kier molecular flexibility index (Phi) is 3.15. The molecule has 1 aromatic carbocycles. The first kappa shape index (κ1) is 12.0. The van der Waals surface area contributed by atoms with Gasteiger partial charge in [0.1, 0.15) is 12.4 Å². The molecule has 0 unspecified atom stereocenters. The van der Waals surface area contributed by atoms with Crippen molar-refractivity contribution in [2.75, 3.05) is 19.8 Å². The average molecular weight is 238 g/mol. The number of esters is 1. The molecule has 0 saturated carbocycles. The Balaban J connectivity index is 1.97. The zero-order chi connectivity index (χ0) is 12.5. The van der Waals surface area contributed by atoms with E-state index >= 15 is 0 Å². The van der Waals surface area contributed by atoms with Crippen molar-refractivity contribution >= 4 is 5.97 Å². The molecule has 92 valence electrons. The first-order chi connectivity index (χ1) is 8.00. The fourth-order valence-electron chi connectivity index (χ4n) is 1.58. The summed E-state index contributed by atoms with van der Waals surface area (Å²) in [6, 6.07) is 4.34. The number of carbonyl (C=O) groups is 1. The summed E-state index contributed by atoms with van der Waals surface area (Å²) in [5.41, 5.74) is 0.677. The van der Waals surface area contributed by atoms with Gasteiger partial charge in [0.15, 0.2) is 0 Å². The van der Waals surface area contributed by atoms with Crippen LogP contribution in [0.4, 0.5) is 4.39 Å². The Labute approximate surface area is 99.5 Å². The van der Waals surface area contributed by atoms with Crippen LogP contribution in [0.3, 0.4) is 0 Å². The molecule has 0 bridgehead atoms. The van der Waals surface area contributed by atoms with E-state index in [1.54, 1.807) is 19.1 Å². The molecule has 17 heavy (non-hydrogen) atoms. The molecular formula is C13H15FO3. The quantitative estimate of drug-likeness (QED) is 0.758. The Bertz CT molecular complexity index is 438. The van der Waals surface area contributed by atoms with Gasteiger partial charge in [-0.2, -0.15) is 0 Å². The summed E-state index contributed by atoms with van der Waals surface area (Å²) < 4.78 is 23.5. The molecule has 4 heteroatoms. The van der Waals surface area contributed by atoms with Gasteiger partial charge in [0.2, 0.25) is 0 Å². The van der Waals surface area contributed by atoms with Crippen LogP contribution in [0.1, 0.15) is 22.8 Å². The minimum atomic E-state index is -0.489. The smallest absolute Gasteiger partial charge is 0.338 e. The average Bonchev–Trinajstić information content (AvgIpc) is 2.27. The van der Waals surface area contributed by atoms with Crippen LogP contribution in [-0.4, -0.2) is 25.8 Å².